The molecule has 2 heterocycles. The molecule has 3 rings (SSSR count). The summed E-state index contributed by atoms with van der Waals surface area (Å²) in [6.07, 6.45) is 0. The van der Waals surface area contributed by atoms with E-state index in [-0.39, 0.29) is 0 Å². The molecule has 0 aliphatic heterocycles. The SMILES string of the molecule is Nc1noc(-c2csc(Br)c2)c1-c1cccc(Br)c1. The van der Waals surface area contributed by atoms with E-state index in [0.717, 1.165) is 24.9 Å². The Bertz CT molecular complexity index is 736. The Balaban J connectivity index is 2.19. The van der Waals surface area contributed by atoms with E-state index in [4.69, 9.17) is 10.3 Å². The lowest BCUT2D eigenvalue weighted by Crippen LogP contribution is -1.88. The molecular weight excluding hydrogens is 392 g/mol. The maximum absolute atomic E-state index is 5.94. The second kappa shape index (κ2) is 5.11. The largest absolute Gasteiger partial charge is 0.380 e. The van der Waals surface area contributed by atoms with Crippen molar-refractivity contribution in [3.05, 3.63) is 44.0 Å². The Labute approximate surface area is 130 Å². The number of nitrogen functional groups attached to an aromatic ring is 1. The van der Waals surface area contributed by atoms with E-state index in [2.05, 4.69) is 37.0 Å². The summed E-state index contributed by atoms with van der Waals surface area (Å²) in [5.74, 6) is 1.09. The lowest BCUT2D eigenvalue weighted by atomic mass is 10.0. The minimum atomic E-state index is 0.399. The highest BCUT2D eigenvalue weighted by Gasteiger charge is 2.18. The van der Waals surface area contributed by atoms with Gasteiger partial charge >= 0.3 is 0 Å². The van der Waals surface area contributed by atoms with Gasteiger partial charge in [0.2, 0.25) is 0 Å². The first-order valence-corrected chi connectivity index (χ1v) is 7.87. The molecule has 2 aromatic heterocycles. The number of hydrogen-bond acceptors (Lipinski definition) is 4. The lowest BCUT2D eigenvalue weighted by Gasteiger charge is -2.02. The number of aromatic nitrogens is 1. The minimum Gasteiger partial charge on any atom is -0.380 e. The van der Waals surface area contributed by atoms with E-state index >= 15 is 0 Å². The number of nitrogens with zero attached hydrogens (tertiary/aromatic N) is 1. The van der Waals surface area contributed by atoms with Crippen molar-refractivity contribution in [2.75, 3.05) is 5.73 Å². The zero-order valence-electron chi connectivity index (χ0n) is 9.56. The van der Waals surface area contributed by atoms with E-state index < -0.39 is 0 Å². The fraction of sp³-hybridized carbons (Fsp3) is 0. The average molecular weight is 400 g/mol. The van der Waals surface area contributed by atoms with Crippen LogP contribution in [0, 0.1) is 0 Å². The third-order valence-electron chi connectivity index (χ3n) is 2.66. The fourth-order valence-electron chi connectivity index (χ4n) is 1.85. The van der Waals surface area contributed by atoms with Gasteiger partial charge in [-0.05, 0) is 39.7 Å². The van der Waals surface area contributed by atoms with Crippen LogP contribution in [0.2, 0.25) is 0 Å². The summed E-state index contributed by atoms with van der Waals surface area (Å²) in [4.78, 5) is 0. The average Bonchev–Trinajstić information content (AvgIpc) is 2.95. The summed E-state index contributed by atoms with van der Waals surface area (Å²) in [5, 5.41) is 5.89. The molecule has 1 aromatic carbocycles. The standard InChI is InChI=1S/C13H8Br2N2OS/c14-9-3-1-2-7(4-9)11-12(18-17-13(11)16)8-5-10(15)19-6-8/h1-6H,(H2,16,17). The van der Waals surface area contributed by atoms with Gasteiger partial charge in [0.05, 0.1) is 9.35 Å². The van der Waals surface area contributed by atoms with Crippen LogP contribution < -0.4 is 5.73 Å². The molecule has 3 aromatic rings. The topological polar surface area (TPSA) is 52.0 Å². The monoisotopic (exact) mass is 398 g/mol. The zero-order chi connectivity index (χ0) is 13.4. The van der Waals surface area contributed by atoms with E-state index in [1.54, 1.807) is 11.3 Å². The molecule has 0 unspecified atom stereocenters. The number of anilines is 1. The number of hydrogen-bond donors (Lipinski definition) is 1. The normalized spacial score (nSPS) is 10.8. The van der Waals surface area contributed by atoms with Crippen molar-refractivity contribution in [1.29, 1.82) is 0 Å². The molecule has 6 heteroatoms. The maximum atomic E-state index is 5.94. The summed E-state index contributed by atoms with van der Waals surface area (Å²) in [7, 11) is 0. The van der Waals surface area contributed by atoms with Crippen molar-refractivity contribution in [1.82, 2.24) is 5.16 Å². The molecule has 0 spiro atoms. The summed E-state index contributed by atoms with van der Waals surface area (Å²) < 4.78 is 7.41. The highest BCUT2D eigenvalue weighted by Crippen LogP contribution is 2.39. The third-order valence-corrected chi connectivity index (χ3v) is 4.66. The maximum Gasteiger partial charge on any atom is 0.177 e. The molecule has 0 aliphatic carbocycles. The Kier molecular flexibility index (Phi) is 3.47. The Morgan fingerprint density at radius 1 is 1.16 bits per heavy atom. The molecular formula is C13H8Br2N2OS. The molecule has 3 nitrogen and oxygen atoms in total. The number of nitrogens with two attached hydrogens (primary N) is 1. The predicted molar refractivity (Wildman–Crippen MR) is 85.1 cm³/mol. The molecule has 0 fully saturated rings. The molecule has 19 heavy (non-hydrogen) atoms. The molecule has 0 saturated heterocycles. The van der Waals surface area contributed by atoms with E-state index in [0.29, 0.717) is 11.6 Å². The smallest absolute Gasteiger partial charge is 0.177 e. The van der Waals surface area contributed by atoms with Crippen molar-refractivity contribution in [2.24, 2.45) is 0 Å². The highest BCUT2D eigenvalue weighted by atomic mass is 79.9. The van der Waals surface area contributed by atoms with Crippen LogP contribution in [0.4, 0.5) is 5.82 Å². The lowest BCUT2D eigenvalue weighted by molar-refractivity contribution is 0.436. The molecule has 2 N–H and O–H groups in total. The van der Waals surface area contributed by atoms with Crippen LogP contribution in [0.1, 0.15) is 0 Å². The van der Waals surface area contributed by atoms with Gasteiger partial charge in [-0.2, -0.15) is 0 Å². The highest BCUT2D eigenvalue weighted by molar-refractivity contribution is 9.11. The molecule has 0 radical (unpaired) electrons. The summed E-state index contributed by atoms with van der Waals surface area (Å²) >= 11 is 8.50. The second-order valence-electron chi connectivity index (χ2n) is 3.92. The van der Waals surface area contributed by atoms with Gasteiger partial charge in [-0.1, -0.05) is 33.2 Å². The predicted octanol–water partition coefficient (Wildman–Crippen LogP) is 5.18. The second-order valence-corrected chi connectivity index (χ2v) is 7.13. The zero-order valence-corrected chi connectivity index (χ0v) is 13.5. The van der Waals surface area contributed by atoms with Crippen molar-refractivity contribution >= 4 is 49.0 Å². The fourth-order valence-corrected chi connectivity index (χ4v) is 3.39. The number of benzene rings is 1. The van der Waals surface area contributed by atoms with Crippen LogP contribution >= 0.6 is 43.2 Å². The first kappa shape index (κ1) is 12.9. The number of rotatable bonds is 2. The van der Waals surface area contributed by atoms with Crippen molar-refractivity contribution in [3.63, 3.8) is 0 Å². The number of thiophene rings is 1. The summed E-state index contributed by atoms with van der Waals surface area (Å²) in [5.41, 5.74) is 8.71. The van der Waals surface area contributed by atoms with Gasteiger partial charge in [-0.25, -0.2) is 0 Å². The third kappa shape index (κ3) is 2.48. The van der Waals surface area contributed by atoms with Crippen LogP contribution in [-0.4, -0.2) is 5.16 Å². The molecule has 0 aliphatic rings. The Morgan fingerprint density at radius 2 is 2.00 bits per heavy atom. The van der Waals surface area contributed by atoms with Crippen molar-refractivity contribution in [2.45, 2.75) is 0 Å². The summed E-state index contributed by atoms with van der Waals surface area (Å²) in [6.45, 7) is 0. The van der Waals surface area contributed by atoms with Crippen molar-refractivity contribution < 1.29 is 4.52 Å². The van der Waals surface area contributed by atoms with Gasteiger partial charge in [0.15, 0.2) is 11.6 Å². The van der Waals surface area contributed by atoms with Gasteiger partial charge in [-0.15, -0.1) is 11.3 Å². The minimum absolute atomic E-state index is 0.399. The Morgan fingerprint density at radius 3 is 2.68 bits per heavy atom. The van der Waals surface area contributed by atoms with Gasteiger partial charge in [-0.3, -0.25) is 0 Å². The molecule has 0 atom stereocenters. The molecule has 96 valence electrons. The van der Waals surface area contributed by atoms with Crippen LogP contribution in [0.5, 0.6) is 0 Å². The van der Waals surface area contributed by atoms with Gasteiger partial charge in [0.25, 0.3) is 0 Å². The molecule has 0 bridgehead atoms. The van der Waals surface area contributed by atoms with E-state index in [1.165, 1.54) is 0 Å². The molecule has 0 saturated carbocycles. The first-order chi connectivity index (χ1) is 9.15. The van der Waals surface area contributed by atoms with Crippen LogP contribution in [-0.2, 0) is 0 Å². The molecule has 0 amide bonds. The van der Waals surface area contributed by atoms with Crippen LogP contribution in [0.25, 0.3) is 22.5 Å². The van der Waals surface area contributed by atoms with E-state index in [1.807, 2.05) is 35.7 Å². The van der Waals surface area contributed by atoms with Gasteiger partial charge in [0.1, 0.15) is 0 Å². The van der Waals surface area contributed by atoms with Crippen molar-refractivity contribution in [3.8, 4) is 22.5 Å². The van der Waals surface area contributed by atoms with Gasteiger partial charge < -0.3 is 10.3 Å². The van der Waals surface area contributed by atoms with Crippen LogP contribution in [0.15, 0.2) is 48.5 Å². The van der Waals surface area contributed by atoms with Crippen LogP contribution in [0.3, 0.4) is 0 Å². The van der Waals surface area contributed by atoms with Gasteiger partial charge in [0, 0.05) is 15.4 Å². The van der Waals surface area contributed by atoms with E-state index in [9.17, 15) is 0 Å². The quantitative estimate of drug-likeness (QED) is 0.645. The number of halogens is 2. The Hall–Kier alpha value is -1.11. The first-order valence-electron chi connectivity index (χ1n) is 5.40. The summed E-state index contributed by atoms with van der Waals surface area (Å²) in [6, 6.07) is 9.89.